The largest absolute Gasteiger partial charge is 0.370 e. The highest BCUT2D eigenvalue weighted by Crippen LogP contribution is 2.41. The molecule has 2 heterocycles. The van der Waals surface area contributed by atoms with Gasteiger partial charge in [-0.25, -0.2) is 9.97 Å². The number of nitrogens with zero attached hydrogens (tertiary/aromatic N) is 2. The highest BCUT2D eigenvalue weighted by atomic mass is 32.1. The number of fused-ring (bicyclic) bond motifs is 1. The second-order valence-electron chi connectivity index (χ2n) is 5.80. The Morgan fingerprint density at radius 2 is 2.10 bits per heavy atom. The van der Waals surface area contributed by atoms with Gasteiger partial charge in [0.1, 0.15) is 16.2 Å². The number of aromatic nitrogens is 2. The van der Waals surface area contributed by atoms with Crippen molar-refractivity contribution in [3.8, 4) is 0 Å². The Bertz CT molecular complexity index is 632. The smallest absolute Gasteiger partial charge is 0.164 e. The van der Waals surface area contributed by atoms with E-state index in [-0.39, 0.29) is 5.60 Å². The summed E-state index contributed by atoms with van der Waals surface area (Å²) in [6.45, 7) is 5.22. The minimum atomic E-state index is -0.283. The van der Waals surface area contributed by atoms with Gasteiger partial charge >= 0.3 is 0 Å². The Balaban J connectivity index is 2.10. The van der Waals surface area contributed by atoms with Crippen LogP contribution >= 0.6 is 11.3 Å². The van der Waals surface area contributed by atoms with E-state index < -0.39 is 0 Å². The summed E-state index contributed by atoms with van der Waals surface area (Å²) >= 11 is 1.74. The van der Waals surface area contributed by atoms with Crippen LogP contribution in [0, 0.1) is 6.92 Å². The van der Waals surface area contributed by atoms with Crippen LogP contribution in [0.4, 0.5) is 5.82 Å². The lowest BCUT2D eigenvalue weighted by molar-refractivity contribution is -0.0158. The number of aryl methyl sites for hydroxylation is 1. The molecule has 2 aromatic rings. The van der Waals surface area contributed by atoms with Crippen molar-refractivity contribution in [1.29, 1.82) is 0 Å². The van der Waals surface area contributed by atoms with Gasteiger partial charge in [-0.05, 0) is 45.1 Å². The lowest BCUT2D eigenvalue weighted by Crippen LogP contribution is -2.27. The van der Waals surface area contributed by atoms with E-state index in [1.165, 1.54) is 17.7 Å². The van der Waals surface area contributed by atoms with Gasteiger partial charge in [0.25, 0.3) is 0 Å². The molecule has 0 amide bonds. The van der Waals surface area contributed by atoms with Gasteiger partial charge < -0.3 is 10.1 Å². The van der Waals surface area contributed by atoms with E-state index in [1.54, 1.807) is 18.4 Å². The average molecular weight is 305 g/mol. The molecule has 114 valence electrons. The molecule has 0 bridgehead atoms. The third-order valence-corrected chi connectivity index (χ3v) is 5.21. The summed E-state index contributed by atoms with van der Waals surface area (Å²) in [5, 5.41) is 4.59. The van der Waals surface area contributed by atoms with Crippen LogP contribution in [-0.2, 0) is 10.3 Å². The minimum Gasteiger partial charge on any atom is -0.370 e. The molecule has 1 fully saturated rings. The number of methoxy groups -OCH3 is 1. The van der Waals surface area contributed by atoms with Crippen molar-refractivity contribution in [2.45, 2.75) is 51.6 Å². The number of hydrogen-bond acceptors (Lipinski definition) is 5. The first-order valence-corrected chi connectivity index (χ1v) is 8.58. The van der Waals surface area contributed by atoms with E-state index in [4.69, 9.17) is 14.7 Å². The SMILES string of the molecule is CCCNc1nc(C2(OC)CCCC2)nc2sc(C)cc12. The number of anilines is 1. The van der Waals surface area contributed by atoms with Crippen LogP contribution in [0.2, 0.25) is 0 Å². The first-order chi connectivity index (χ1) is 10.2. The highest BCUT2D eigenvalue weighted by Gasteiger charge is 2.39. The van der Waals surface area contributed by atoms with Crippen molar-refractivity contribution < 1.29 is 4.74 Å². The Kier molecular flexibility index (Phi) is 4.13. The fourth-order valence-electron chi connectivity index (χ4n) is 3.09. The molecule has 1 saturated carbocycles. The third kappa shape index (κ3) is 2.64. The standard InChI is InChI=1S/C16H23N3OS/c1-4-9-17-13-12-10-11(2)21-14(12)19-15(18-13)16(20-3)7-5-6-8-16/h10H,4-9H2,1-3H3,(H,17,18,19). The van der Waals surface area contributed by atoms with Gasteiger partial charge in [-0.1, -0.05) is 6.92 Å². The highest BCUT2D eigenvalue weighted by molar-refractivity contribution is 7.18. The molecule has 0 unspecified atom stereocenters. The summed E-state index contributed by atoms with van der Waals surface area (Å²) in [5.41, 5.74) is -0.283. The Labute approximate surface area is 129 Å². The van der Waals surface area contributed by atoms with Crippen LogP contribution in [0.3, 0.4) is 0 Å². The topological polar surface area (TPSA) is 47.0 Å². The van der Waals surface area contributed by atoms with Crippen molar-refractivity contribution >= 4 is 27.4 Å². The molecule has 0 saturated heterocycles. The lowest BCUT2D eigenvalue weighted by Gasteiger charge is -2.26. The summed E-state index contributed by atoms with van der Waals surface area (Å²) < 4.78 is 5.85. The molecular weight excluding hydrogens is 282 g/mol. The minimum absolute atomic E-state index is 0.283. The Hall–Kier alpha value is -1.20. The summed E-state index contributed by atoms with van der Waals surface area (Å²) in [6.07, 6.45) is 5.51. The van der Waals surface area contributed by atoms with Crippen molar-refractivity contribution in [3.63, 3.8) is 0 Å². The van der Waals surface area contributed by atoms with E-state index in [0.29, 0.717) is 0 Å². The summed E-state index contributed by atoms with van der Waals surface area (Å²) in [7, 11) is 1.79. The maximum Gasteiger partial charge on any atom is 0.164 e. The van der Waals surface area contributed by atoms with E-state index in [0.717, 1.165) is 47.7 Å². The van der Waals surface area contributed by atoms with Crippen molar-refractivity contribution in [2.75, 3.05) is 19.0 Å². The normalized spacial score (nSPS) is 17.5. The van der Waals surface area contributed by atoms with Crippen LogP contribution in [0.1, 0.15) is 49.7 Å². The maximum absolute atomic E-state index is 5.85. The third-order valence-electron chi connectivity index (χ3n) is 4.27. The number of nitrogens with one attached hydrogen (secondary N) is 1. The molecule has 0 aliphatic heterocycles. The molecule has 1 N–H and O–H groups in total. The van der Waals surface area contributed by atoms with Crippen LogP contribution in [0.5, 0.6) is 0 Å². The number of thiophene rings is 1. The molecular formula is C16H23N3OS. The lowest BCUT2D eigenvalue weighted by atomic mass is 10.0. The van der Waals surface area contributed by atoms with Crippen molar-refractivity contribution in [1.82, 2.24) is 9.97 Å². The summed E-state index contributed by atoms with van der Waals surface area (Å²) in [6, 6.07) is 2.18. The zero-order valence-corrected chi connectivity index (χ0v) is 13.8. The molecule has 2 aromatic heterocycles. The molecule has 0 radical (unpaired) electrons. The van der Waals surface area contributed by atoms with E-state index in [2.05, 4.69) is 25.2 Å². The molecule has 5 heteroatoms. The van der Waals surface area contributed by atoms with Crippen molar-refractivity contribution in [2.24, 2.45) is 0 Å². The van der Waals surface area contributed by atoms with Gasteiger partial charge in [-0.2, -0.15) is 0 Å². The molecule has 4 nitrogen and oxygen atoms in total. The average Bonchev–Trinajstić information content (AvgIpc) is 3.10. The Morgan fingerprint density at radius 1 is 1.33 bits per heavy atom. The quantitative estimate of drug-likeness (QED) is 0.897. The van der Waals surface area contributed by atoms with Gasteiger partial charge in [0.05, 0.1) is 5.39 Å². The van der Waals surface area contributed by atoms with Crippen LogP contribution in [0.15, 0.2) is 6.07 Å². The first-order valence-electron chi connectivity index (χ1n) is 7.76. The Morgan fingerprint density at radius 3 is 2.76 bits per heavy atom. The van der Waals surface area contributed by atoms with Gasteiger partial charge in [-0.3, -0.25) is 0 Å². The fraction of sp³-hybridized carbons (Fsp3) is 0.625. The first kappa shape index (κ1) is 14.7. The zero-order valence-electron chi connectivity index (χ0n) is 13.0. The predicted molar refractivity (Wildman–Crippen MR) is 88.1 cm³/mol. The number of rotatable bonds is 5. The second-order valence-corrected chi connectivity index (χ2v) is 7.04. The number of hydrogen-bond donors (Lipinski definition) is 1. The monoisotopic (exact) mass is 305 g/mol. The zero-order chi connectivity index (χ0) is 14.9. The maximum atomic E-state index is 5.85. The summed E-state index contributed by atoms with van der Waals surface area (Å²) in [4.78, 5) is 12.0. The molecule has 0 aromatic carbocycles. The van der Waals surface area contributed by atoms with Gasteiger partial charge in [0.15, 0.2) is 5.82 Å². The molecule has 3 rings (SSSR count). The predicted octanol–water partition coefficient (Wildman–Crippen LogP) is 4.24. The number of ether oxygens (including phenoxy) is 1. The summed E-state index contributed by atoms with van der Waals surface area (Å²) in [5.74, 6) is 1.82. The second kappa shape index (κ2) is 5.89. The van der Waals surface area contributed by atoms with Crippen LogP contribution in [-0.4, -0.2) is 23.6 Å². The van der Waals surface area contributed by atoms with Gasteiger partial charge in [-0.15, -0.1) is 11.3 Å². The van der Waals surface area contributed by atoms with Crippen LogP contribution < -0.4 is 5.32 Å². The van der Waals surface area contributed by atoms with E-state index >= 15 is 0 Å². The van der Waals surface area contributed by atoms with E-state index in [9.17, 15) is 0 Å². The molecule has 21 heavy (non-hydrogen) atoms. The molecule has 1 aliphatic carbocycles. The molecule has 0 atom stereocenters. The van der Waals surface area contributed by atoms with Crippen LogP contribution in [0.25, 0.3) is 10.2 Å². The molecule has 1 aliphatic rings. The van der Waals surface area contributed by atoms with Crippen molar-refractivity contribution in [3.05, 3.63) is 16.8 Å². The van der Waals surface area contributed by atoms with Gasteiger partial charge in [0.2, 0.25) is 0 Å². The fourth-order valence-corrected chi connectivity index (χ4v) is 3.97. The molecule has 0 spiro atoms. The van der Waals surface area contributed by atoms with E-state index in [1.807, 2.05) is 0 Å². The van der Waals surface area contributed by atoms with Gasteiger partial charge in [0, 0.05) is 18.5 Å².